The van der Waals surface area contributed by atoms with E-state index in [1.54, 1.807) is 0 Å². The fourth-order valence-corrected chi connectivity index (χ4v) is 14.5. The van der Waals surface area contributed by atoms with E-state index in [0.717, 1.165) is 33.5 Å². The number of para-hydroxylation sites is 4. The summed E-state index contributed by atoms with van der Waals surface area (Å²) in [5.41, 5.74) is 8.02. The monoisotopic (exact) mass is 735 g/mol. The van der Waals surface area contributed by atoms with Gasteiger partial charge in [-0.2, -0.15) is 0 Å². The normalized spacial score (nSPS) is 15.2. The number of aromatic nitrogens is 3. The van der Waals surface area contributed by atoms with Gasteiger partial charge in [0.1, 0.15) is 0 Å². The van der Waals surface area contributed by atoms with Crippen molar-refractivity contribution in [1.82, 2.24) is 14.0 Å². The molecule has 54 heavy (non-hydrogen) atoms. The molecular weight excluding hydrogens is 695 g/mol. The molecule has 264 valence electrons. The number of rotatable bonds is 5. The van der Waals surface area contributed by atoms with Crippen molar-refractivity contribution in [3.05, 3.63) is 187 Å². The third-order valence-corrected chi connectivity index (χ3v) is 17.3. The lowest BCUT2D eigenvalue weighted by atomic mass is 9.61. The largest absolute Gasteiger partial charge is 0.278 e. The SMILES string of the molecule is CC1(C)c2ccccc2Sc2c(cccc2S(c2ccccc2)(c2ccccc2)c2cccc(-n3c4ccccc4n4c5ccccc5nc34)c2)C1(C)C. The Labute approximate surface area is 322 Å². The average molecular weight is 736 g/mol. The van der Waals surface area contributed by atoms with Crippen LogP contribution >= 0.6 is 21.8 Å². The first-order valence-corrected chi connectivity index (χ1v) is 21.1. The number of fused-ring (bicyclic) bond motifs is 7. The molecule has 3 heterocycles. The van der Waals surface area contributed by atoms with E-state index in [1.165, 1.54) is 40.5 Å². The maximum atomic E-state index is 5.24. The molecule has 0 saturated carbocycles. The van der Waals surface area contributed by atoms with Crippen LogP contribution in [0.15, 0.2) is 205 Å². The lowest BCUT2D eigenvalue weighted by molar-refractivity contribution is 0.295. The van der Waals surface area contributed by atoms with Crippen molar-refractivity contribution >= 4 is 49.6 Å². The Hall–Kier alpha value is -5.49. The molecule has 0 atom stereocenters. The van der Waals surface area contributed by atoms with Crippen molar-refractivity contribution in [1.29, 1.82) is 0 Å². The van der Waals surface area contributed by atoms with E-state index in [1.807, 2.05) is 11.8 Å². The molecule has 1 aliphatic rings. The summed E-state index contributed by atoms with van der Waals surface area (Å²) in [4.78, 5) is 13.2. The number of hydrogen-bond donors (Lipinski definition) is 0. The van der Waals surface area contributed by atoms with Crippen LogP contribution in [-0.2, 0) is 10.8 Å². The summed E-state index contributed by atoms with van der Waals surface area (Å²) >= 11 is 1.96. The van der Waals surface area contributed by atoms with Crippen LogP contribution in [0.3, 0.4) is 0 Å². The van der Waals surface area contributed by atoms with Crippen molar-refractivity contribution in [2.45, 2.75) is 67.9 Å². The van der Waals surface area contributed by atoms with Gasteiger partial charge in [0, 0.05) is 29.4 Å². The zero-order valence-corrected chi connectivity index (χ0v) is 32.5. The molecule has 10 rings (SSSR count). The maximum absolute atomic E-state index is 5.24. The molecule has 5 heteroatoms. The summed E-state index contributed by atoms with van der Waals surface area (Å²) in [5.74, 6) is 0.916. The van der Waals surface area contributed by atoms with Crippen molar-refractivity contribution in [3.63, 3.8) is 0 Å². The first-order chi connectivity index (χ1) is 26.3. The highest BCUT2D eigenvalue weighted by atomic mass is 32.3. The van der Waals surface area contributed by atoms with Gasteiger partial charge in [-0.05, 0) is 101 Å². The Kier molecular flexibility index (Phi) is 7.52. The third kappa shape index (κ3) is 4.61. The van der Waals surface area contributed by atoms with Crippen molar-refractivity contribution in [3.8, 4) is 5.69 Å². The van der Waals surface area contributed by atoms with E-state index in [-0.39, 0.29) is 10.8 Å². The highest BCUT2D eigenvalue weighted by molar-refractivity contribution is 8.34. The summed E-state index contributed by atoms with van der Waals surface area (Å²) in [6.07, 6.45) is 0. The van der Waals surface area contributed by atoms with Gasteiger partial charge < -0.3 is 0 Å². The zero-order chi connectivity index (χ0) is 36.7. The molecule has 0 saturated heterocycles. The molecule has 2 aromatic heterocycles. The minimum Gasteiger partial charge on any atom is -0.278 e. The highest BCUT2D eigenvalue weighted by Crippen LogP contribution is 2.76. The Balaban J connectivity index is 1.32. The molecule has 1 aliphatic heterocycles. The summed E-state index contributed by atoms with van der Waals surface area (Å²) in [5, 5.41) is 0. The summed E-state index contributed by atoms with van der Waals surface area (Å²) in [6, 6.07) is 65.2. The van der Waals surface area contributed by atoms with Crippen LogP contribution in [0.1, 0.15) is 38.8 Å². The summed E-state index contributed by atoms with van der Waals surface area (Å²) in [6.45, 7) is 9.73. The Bertz CT molecular complexity index is 2830. The van der Waals surface area contributed by atoms with Gasteiger partial charge in [-0.3, -0.25) is 8.97 Å². The van der Waals surface area contributed by atoms with E-state index in [0.29, 0.717) is 0 Å². The fraction of sp³-hybridized carbons (Fsp3) is 0.122. The average Bonchev–Trinajstić information content (AvgIpc) is 3.72. The Morgan fingerprint density at radius 1 is 0.500 bits per heavy atom. The predicted octanol–water partition coefficient (Wildman–Crippen LogP) is 13.5. The smallest absolute Gasteiger partial charge is 0.220 e. The summed E-state index contributed by atoms with van der Waals surface area (Å²) < 4.78 is 4.65. The molecule has 0 N–H and O–H groups in total. The minimum atomic E-state index is -2.07. The molecule has 0 fully saturated rings. The van der Waals surface area contributed by atoms with Crippen molar-refractivity contribution in [2.24, 2.45) is 0 Å². The van der Waals surface area contributed by atoms with E-state index < -0.39 is 10.0 Å². The second-order valence-corrected chi connectivity index (χ2v) is 19.4. The standard InChI is InChI=1S/C49H41N3S2/c1-48(2)38-25-11-16-31-44(38)53-46-39(49(48,3)4)26-18-32-45(46)54(35-20-7-5-8-21-35,36-22-9-6-10-23-36)37-24-17-19-34(33-37)51-42-29-14-15-30-43(42)52-41-28-13-12-27-40(41)50-47(51)52/h5-33H,1-4H3. The quantitative estimate of drug-likeness (QED) is 0.176. The molecule has 3 nitrogen and oxygen atoms in total. The van der Waals surface area contributed by atoms with Crippen LogP contribution in [0.2, 0.25) is 0 Å². The molecule has 0 amide bonds. The van der Waals surface area contributed by atoms with Gasteiger partial charge in [-0.1, -0.05) is 137 Å². The second kappa shape index (κ2) is 12.3. The highest BCUT2D eigenvalue weighted by Gasteiger charge is 2.46. The third-order valence-electron chi connectivity index (χ3n) is 12.0. The van der Waals surface area contributed by atoms with Crippen molar-refractivity contribution < 1.29 is 0 Å². The number of benzene rings is 7. The Morgan fingerprint density at radius 3 is 1.80 bits per heavy atom. The number of imidazole rings is 2. The van der Waals surface area contributed by atoms with Crippen LogP contribution < -0.4 is 0 Å². The van der Waals surface area contributed by atoms with E-state index in [2.05, 4.69) is 213 Å². The fourth-order valence-electron chi connectivity index (χ4n) is 8.67. The molecular formula is C49H41N3S2. The first kappa shape index (κ1) is 33.1. The Morgan fingerprint density at radius 2 is 1.06 bits per heavy atom. The van der Waals surface area contributed by atoms with Gasteiger partial charge in [-0.15, -0.1) is 10.0 Å². The zero-order valence-electron chi connectivity index (χ0n) is 30.9. The summed E-state index contributed by atoms with van der Waals surface area (Å²) in [7, 11) is -2.07. The van der Waals surface area contributed by atoms with Crippen LogP contribution in [0.25, 0.3) is 33.5 Å². The topological polar surface area (TPSA) is 22.2 Å². The predicted molar refractivity (Wildman–Crippen MR) is 226 cm³/mol. The molecule has 0 unspecified atom stereocenters. The molecule has 7 aromatic carbocycles. The first-order valence-electron chi connectivity index (χ1n) is 18.6. The number of hydrogen-bond acceptors (Lipinski definition) is 2. The van der Waals surface area contributed by atoms with Gasteiger partial charge in [0.15, 0.2) is 0 Å². The molecule has 0 spiro atoms. The van der Waals surface area contributed by atoms with E-state index in [4.69, 9.17) is 4.98 Å². The molecule has 9 aromatic rings. The van der Waals surface area contributed by atoms with Gasteiger partial charge in [0.05, 0.1) is 27.8 Å². The van der Waals surface area contributed by atoms with Gasteiger partial charge in [0.2, 0.25) is 5.78 Å². The molecule has 0 aliphatic carbocycles. The maximum Gasteiger partial charge on any atom is 0.220 e. The van der Waals surface area contributed by atoms with E-state index >= 15 is 0 Å². The van der Waals surface area contributed by atoms with Gasteiger partial charge >= 0.3 is 0 Å². The van der Waals surface area contributed by atoms with Crippen LogP contribution in [0, 0.1) is 0 Å². The van der Waals surface area contributed by atoms with E-state index in [9.17, 15) is 0 Å². The lowest BCUT2D eigenvalue weighted by Gasteiger charge is -2.45. The lowest BCUT2D eigenvalue weighted by Crippen LogP contribution is -2.40. The molecule has 0 bridgehead atoms. The van der Waals surface area contributed by atoms with Crippen LogP contribution in [-0.4, -0.2) is 14.0 Å². The van der Waals surface area contributed by atoms with Gasteiger partial charge in [-0.25, -0.2) is 4.98 Å². The van der Waals surface area contributed by atoms with Crippen LogP contribution in [0.5, 0.6) is 0 Å². The van der Waals surface area contributed by atoms with Crippen molar-refractivity contribution in [2.75, 3.05) is 0 Å². The number of nitrogens with zero attached hydrogens (tertiary/aromatic N) is 3. The second-order valence-electron chi connectivity index (χ2n) is 15.3. The molecule has 0 radical (unpaired) electrons. The van der Waals surface area contributed by atoms with Crippen LogP contribution in [0.4, 0.5) is 0 Å². The van der Waals surface area contributed by atoms with Gasteiger partial charge in [0.25, 0.3) is 0 Å². The minimum absolute atomic E-state index is 0.105.